The molecule has 138 valence electrons. The fourth-order valence-corrected chi connectivity index (χ4v) is 3.15. The van der Waals surface area contributed by atoms with E-state index in [9.17, 15) is 4.79 Å². The second kappa shape index (κ2) is 6.46. The van der Waals surface area contributed by atoms with Gasteiger partial charge in [0.05, 0.1) is 19.2 Å². The molecule has 0 aliphatic heterocycles. The fourth-order valence-electron chi connectivity index (χ4n) is 3.15. The van der Waals surface area contributed by atoms with Gasteiger partial charge in [0.25, 0.3) is 0 Å². The predicted octanol–water partition coefficient (Wildman–Crippen LogP) is 4.65. The summed E-state index contributed by atoms with van der Waals surface area (Å²) >= 11 is 0. The lowest BCUT2D eigenvalue weighted by atomic mass is 10.1. The molecule has 0 N–H and O–H groups in total. The number of fused-ring (bicyclic) bond motifs is 1. The summed E-state index contributed by atoms with van der Waals surface area (Å²) in [4.78, 5) is 16.8. The number of benzene rings is 1. The van der Waals surface area contributed by atoms with Crippen LogP contribution in [0.2, 0.25) is 0 Å². The Labute approximate surface area is 156 Å². The van der Waals surface area contributed by atoms with Gasteiger partial charge in [0.2, 0.25) is 5.89 Å². The van der Waals surface area contributed by atoms with Gasteiger partial charge in [-0.1, -0.05) is 17.7 Å². The molecular formula is C21H20N2O4. The second-order valence-electron chi connectivity index (χ2n) is 6.60. The van der Waals surface area contributed by atoms with E-state index in [1.807, 2.05) is 55.7 Å². The minimum absolute atomic E-state index is 0.383. The van der Waals surface area contributed by atoms with Crippen molar-refractivity contribution in [3.63, 3.8) is 0 Å². The van der Waals surface area contributed by atoms with E-state index in [0.29, 0.717) is 29.5 Å². The van der Waals surface area contributed by atoms with Crippen molar-refractivity contribution >= 4 is 17.1 Å². The largest absolute Gasteiger partial charge is 0.464 e. The van der Waals surface area contributed by atoms with E-state index in [1.54, 1.807) is 6.07 Å². The van der Waals surface area contributed by atoms with Gasteiger partial charge >= 0.3 is 5.97 Å². The maximum atomic E-state index is 12.2. The molecule has 27 heavy (non-hydrogen) atoms. The highest BCUT2D eigenvalue weighted by Crippen LogP contribution is 2.27. The molecule has 1 aromatic carbocycles. The van der Waals surface area contributed by atoms with Gasteiger partial charge in [-0.3, -0.25) is 0 Å². The molecule has 0 amide bonds. The molecule has 0 saturated heterocycles. The van der Waals surface area contributed by atoms with Gasteiger partial charge in [0.1, 0.15) is 22.9 Å². The van der Waals surface area contributed by atoms with E-state index in [0.717, 1.165) is 22.5 Å². The van der Waals surface area contributed by atoms with Crippen molar-refractivity contribution in [2.45, 2.75) is 27.3 Å². The van der Waals surface area contributed by atoms with Crippen LogP contribution in [-0.4, -0.2) is 22.6 Å². The number of nitrogens with zero attached hydrogens (tertiary/aromatic N) is 2. The number of furan rings is 1. The van der Waals surface area contributed by atoms with E-state index >= 15 is 0 Å². The average molecular weight is 364 g/mol. The maximum absolute atomic E-state index is 12.2. The van der Waals surface area contributed by atoms with Gasteiger partial charge in [-0.25, -0.2) is 9.78 Å². The number of ether oxygens (including phenoxy) is 1. The molecule has 0 atom stereocenters. The molecule has 0 aliphatic rings. The van der Waals surface area contributed by atoms with Crippen molar-refractivity contribution in [2.75, 3.05) is 7.11 Å². The maximum Gasteiger partial charge on any atom is 0.354 e. The van der Waals surface area contributed by atoms with E-state index in [-0.39, 0.29) is 0 Å². The molecular weight excluding hydrogens is 344 g/mol. The summed E-state index contributed by atoms with van der Waals surface area (Å²) in [6.07, 6.45) is 0. The molecule has 0 aliphatic carbocycles. The minimum atomic E-state index is -0.418. The number of rotatable bonds is 4. The number of oxazole rings is 1. The highest BCUT2D eigenvalue weighted by molar-refractivity contribution is 5.94. The lowest BCUT2D eigenvalue weighted by Crippen LogP contribution is -2.12. The molecule has 0 spiro atoms. The van der Waals surface area contributed by atoms with Crippen LogP contribution in [-0.2, 0) is 11.3 Å². The van der Waals surface area contributed by atoms with Crippen LogP contribution in [0.25, 0.3) is 22.6 Å². The molecule has 0 unspecified atom stereocenters. The van der Waals surface area contributed by atoms with Crippen LogP contribution < -0.4 is 0 Å². The third-order valence-corrected chi connectivity index (χ3v) is 4.61. The van der Waals surface area contributed by atoms with Crippen molar-refractivity contribution in [2.24, 2.45) is 0 Å². The summed E-state index contributed by atoms with van der Waals surface area (Å²) in [6.45, 7) is 6.17. The first-order valence-electron chi connectivity index (χ1n) is 8.67. The molecule has 0 radical (unpaired) electrons. The van der Waals surface area contributed by atoms with Gasteiger partial charge in [-0.2, -0.15) is 0 Å². The minimum Gasteiger partial charge on any atom is -0.464 e. The zero-order valence-corrected chi connectivity index (χ0v) is 15.7. The molecule has 0 bridgehead atoms. The Balaban J connectivity index is 1.76. The predicted molar refractivity (Wildman–Crippen MR) is 101 cm³/mol. The normalized spacial score (nSPS) is 11.3. The second-order valence-corrected chi connectivity index (χ2v) is 6.60. The van der Waals surface area contributed by atoms with Gasteiger partial charge in [0.15, 0.2) is 5.58 Å². The van der Waals surface area contributed by atoms with Crippen LogP contribution in [0.1, 0.15) is 33.3 Å². The number of methoxy groups -OCH3 is 1. The molecule has 3 heterocycles. The standard InChI is InChI=1S/C21H20N2O4/c1-12-5-7-15(8-6-12)20-22-16(14(3)27-20)11-23-17-9-13(2)26-19(17)10-18(23)21(24)25-4/h5-10H,11H2,1-4H3. The Kier molecular flexibility index (Phi) is 4.11. The number of carbonyl (C=O) groups is 1. The Hall–Kier alpha value is -3.28. The first kappa shape index (κ1) is 17.1. The number of hydrogen-bond donors (Lipinski definition) is 0. The number of esters is 1. The SMILES string of the molecule is COC(=O)c1cc2oc(C)cc2n1Cc1nc(-c2ccc(C)cc2)oc1C. The zero-order valence-electron chi connectivity index (χ0n) is 15.7. The monoisotopic (exact) mass is 364 g/mol. The van der Waals surface area contributed by atoms with Gasteiger partial charge in [-0.15, -0.1) is 0 Å². The van der Waals surface area contributed by atoms with Crippen molar-refractivity contribution in [3.8, 4) is 11.5 Å². The molecule has 0 fully saturated rings. The third-order valence-electron chi connectivity index (χ3n) is 4.61. The van der Waals surface area contributed by atoms with E-state index in [2.05, 4.69) is 4.98 Å². The van der Waals surface area contributed by atoms with Crippen molar-refractivity contribution in [3.05, 3.63) is 64.9 Å². The summed E-state index contributed by atoms with van der Waals surface area (Å²) in [5, 5.41) is 0. The smallest absolute Gasteiger partial charge is 0.354 e. The quantitative estimate of drug-likeness (QED) is 0.493. The van der Waals surface area contributed by atoms with Crippen molar-refractivity contribution < 1.29 is 18.4 Å². The number of aromatic nitrogens is 2. The summed E-state index contributed by atoms with van der Waals surface area (Å²) in [6, 6.07) is 11.6. The highest BCUT2D eigenvalue weighted by Gasteiger charge is 2.21. The lowest BCUT2D eigenvalue weighted by Gasteiger charge is -2.07. The van der Waals surface area contributed by atoms with E-state index in [1.165, 1.54) is 12.7 Å². The molecule has 3 aromatic heterocycles. The Morgan fingerprint density at radius 1 is 1.11 bits per heavy atom. The van der Waals surface area contributed by atoms with Gasteiger partial charge < -0.3 is 18.1 Å². The first-order valence-corrected chi connectivity index (χ1v) is 8.67. The van der Waals surface area contributed by atoms with Crippen LogP contribution in [0.15, 0.2) is 45.2 Å². The molecule has 0 saturated carbocycles. The van der Waals surface area contributed by atoms with Crippen molar-refractivity contribution in [1.29, 1.82) is 0 Å². The molecule has 6 heteroatoms. The zero-order chi connectivity index (χ0) is 19.1. The molecule has 4 aromatic rings. The third kappa shape index (κ3) is 3.03. The van der Waals surface area contributed by atoms with E-state index in [4.69, 9.17) is 13.6 Å². The summed E-state index contributed by atoms with van der Waals surface area (Å²) in [5.74, 6) is 1.64. The number of carbonyl (C=O) groups excluding carboxylic acids is 1. The number of hydrogen-bond acceptors (Lipinski definition) is 5. The summed E-state index contributed by atoms with van der Waals surface area (Å²) < 4.78 is 18.3. The van der Waals surface area contributed by atoms with Crippen LogP contribution in [0.3, 0.4) is 0 Å². The van der Waals surface area contributed by atoms with Gasteiger partial charge in [-0.05, 0) is 32.9 Å². The highest BCUT2D eigenvalue weighted by atomic mass is 16.5. The van der Waals surface area contributed by atoms with Crippen molar-refractivity contribution in [1.82, 2.24) is 9.55 Å². The average Bonchev–Trinajstić information content (AvgIpc) is 3.29. The van der Waals surface area contributed by atoms with Crippen LogP contribution >= 0.6 is 0 Å². The van der Waals surface area contributed by atoms with Crippen LogP contribution in [0.4, 0.5) is 0 Å². The fraction of sp³-hybridized carbons (Fsp3) is 0.238. The van der Waals surface area contributed by atoms with E-state index < -0.39 is 5.97 Å². The summed E-state index contributed by atoms with van der Waals surface area (Å²) in [5.41, 5.74) is 4.74. The topological polar surface area (TPSA) is 70.4 Å². The Morgan fingerprint density at radius 3 is 2.56 bits per heavy atom. The van der Waals surface area contributed by atoms with Crippen LogP contribution in [0.5, 0.6) is 0 Å². The summed E-state index contributed by atoms with van der Waals surface area (Å²) in [7, 11) is 1.36. The Bertz CT molecular complexity index is 1130. The molecule has 4 rings (SSSR count). The first-order chi connectivity index (χ1) is 13.0. The Morgan fingerprint density at radius 2 is 1.85 bits per heavy atom. The van der Waals surface area contributed by atoms with Crippen LogP contribution in [0, 0.1) is 20.8 Å². The molecule has 6 nitrogen and oxygen atoms in total. The van der Waals surface area contributed by atoms with Gasteiger partial charge in [0, 0.05) is 17.7 Å². The lowest BCUT2D eigenvalue weighted by molar-refractivity contribution is 0.0589. The number of aryl methyl sites for hydroxylation is 3.